The number of methoxy groups -OCH3 is 1. The zero-order valence-electron chi connectivity index (χ0n) is 12.3. The zero-order valence-corrected chi connectivity index (χ0v) is 14.0. The molecule has 0 saturated heterocycles. The number of carbonyl (C=O) groups is 1. The molecule has 1 unspecified atom stereocenters. The van der Waals surface area contributed by atoms with Gasteiger partial charge >= 0.3 is 5.97 Å². The number of nitrogens with one attached hydrogen (secondary N) is 1. The fraction of sp³-hybridized carbons (Fsp3) is 0.385. The van der Waals surface area contributed by atoms with Gasteiger partial charge in [0.2, 0.25) is 10.0 Å². The summed E-state index contributed by atoms with van der Waals surface area (Å²) < 4.78 is 37.2. The molecule has 0 bridgehead atoms. The third-order valence-electron chi connectivity index (χ3n) is 3.02. The van der Waals surface area contributed by atoms with Crippen molar-refractivity contribution in [3.63, 3.8) is 0 Å². The van der Waals surface area contributed by atoms with E-state index in [2.05, 4.69) is 14.6 Å². The lowest BCUT2D eigenvalue weighted by Crippen LogP contribution is -2.30. The van der Waals surface area contributed by atoms with Crippen molar-refractivity contribution in [1.82, 2.24) is 9.88 Å². The highest BCUT2D eigenvalue weighted by Crippen LogP contribution is 2.26. The molecule has 22 heavy (non-hydrogen) atoms. The van der Waals surface area contributed by atoms with E-state index < -0.39 is 22.0 Å². The molecule has 1 N–H and O–H groups in total. The van der Waals surface area contributed by atoms with E-state index in [-0.39, 0.29) is 22.8 Å². The number of aromatic nitrogens is 1. The van der Waals surface area contributed by atoms with Gasteiger partial charge in [0.15, 0.2) is 5.76 Å². The number of rotatable bonds is 6. The lowest BCUT2D eigenvalue weighted by Gasteiger charge is -2.16. The first kappa shape index (κ1) is 16.7. The third kappa shape index (κ3) is 3.54. The average Bonchev–Trinajstić information content (AvgIpc) is 3.07. The van der Waals surface area contributed by atoms with Gasteiger partial charge in [0.05, 0.1) is 19.6 Å². The first-order valence-corrected chi connectivity index (χ1v) is 8.77. The number of aryl methyl sites for hydroxylation is 2. The van der Waals surface area contributed by atoms with E-state index in [0.717, 1.165) is 4.88 Å². The second kappa shape index (κ2) is 6.59. The maximum atomic E-state index is 12.6. The summed E-state index contributed by atoms with van der Waals surface area (Å²) in [5, 5.41) is 5.46. The van der Waals surface area contributed by atoms with Gasteiger partial charge in [-0.1, -0.05) is 11.2 Å². The first-order valence-electron chi connectivity index (χ1n) is 6.40. The molecular formula is C13H16N2O5S2. The van der Waals surface area contributed by atoms with Gasteiger partial charge in [-0.3, -0.25) is 4.79 Å². The topological polar surface area (TPSA) is 98.5 Å². The van der Waals surface area contributed by atoms with E-state index in [1.807, 2.05) is 5.38 Å². The molecule has 0 aliphatic heterocycles. The molecule has 0 amide bonds. The number of ether oxygens (including phenoxy) is 1. The Morgan fingerprint density at radius 2 is 2.23 bits per heavy atom. The van der Waals surface area contributed by atoms with E-state index in [1.165, 1.54) is 25.4 Å². The van der Waals surface area contributed by atoms with Gasteiger partial charge in [-0.2, -0.15) is 0 Å². The minimum absolute atomic E-state index is 0.000998. The molecule has 0 radical (unpaired) electrons. The fourth-order valence-corrected chi connectivity index (χ4v) is 4.44. The van der Waals surface area contributed by atoms with Crippen molar-refractivity contribution in [2.75, 3.05) is 7.11 Å². The minimum Gasteiger partial charge on any atom is -0.469 e. The van der Waals surface area contributed by atoms with Gasteiger partial charge in [-0.05, 0) is 25.3 Å². The van der Waals surface area contributed by atoms with Gasteiger partial charge in [0.1, 0.15) is 10.6 Å². The summed E-state index contributed by atoms with van der Waals surface area (Å²) in [5.74, 6) is -0.298. The molecule has 0 aromatic carbocycles. The van der Waals surface area contributed by atoms with Gasteiger partial charge in [0.25, 0.3) is 0 Å². The summed E-state index contributed by atoms with van der Waals surface area (Å²) in [6.45, 7) is 3.07. The first-order chi connectivity index (χ1) is 10.3. The van der Waals surface area contributed by atoms with Crippen molar-refractivity contribution in [3.8, 4) is 0 Å². The van der Waals surface area contributed by atoms with Crippen LogP contribution in [0, 0.1) is 13.8 Å². The number of hydrogen-bond donors (Lipinski definition) is 1. The quantitative estimate of drug-likeness (QED) is 0.804. The van der Waals surface area contributed by atoms with Crippen LogP contribution in [-0.2, 0) is 19.6 Å². The highest BCUT2D eigenvalue weighted by Gasteiger charge is 2.29. The predicted octanol–water partition coefficient (Wildman–Crippen LogP) is 1.94. The molecule has 2 aromatic heterocycles. The summed E-state index contributed by atoms with van der Waals surface area (Å²) in [5.41, 5.74) is 0.271. The molecule has 0 saturated carbocycles. The molecular weight excluding hydrogens is 328 g/mol. The molecule has 2 heterocycles. The number of nitrogens with zero attached hydrogens (tertiary/aromatic N) is 1. The van der Waals surface area contributed by atoms with E-state index >= 15 is 0 Å². The molecule has 1 atom stereocenters. The Kier molecular flexibility index (Phi) is 4.99. The van der Waals surface area contributed by atoms with Crippen molar-refractivity contribution >= 4 is 27.3 Å². The maximum absolute atomic E-state index is 12.6. The summed E-state index contributed by atoms with van der Waals surface area (Å²) >= 11 is 1.36. The number of thiophene rings is 1. The summed E-state index contributed by atoms with van der Waals surface area (Å²) in [4.78, 5) is 12.3. The summed E-state index contributed by atoms with van der Waals surface area (Å²) in [7, 11) is -2.60. The van der Waals surface area contributed by atoms with Gasteiger partial charge in [-0.25, -0.2) is 13.1 Å². The Bertz CT molecular complexity index is 730. The standard InChI is InChI=1S/C13H16N2O5S2/c1-8-13(9(2)20-14-8)22(17,18)15-10(7-12(16)19-3)11-5-4-6-21-11/h4-6,10,15H,7H2,1-3H3. The van der Waals surface area contributed by atoms with Crippen LogP contribution in [0.2, 0.25) is 0 Å². The Balaban J connectivity index is 2.32. The molecule has 9 heteroatoms. The van der Waals surface area contributed by atoms with Crippen LogP contribution < -0.4 is 4.72 Å². The number of hydrogen-bond acceptors (Lipinski definition) is 7. The molecule has 7 nitrogen and oxygen atoms in total. The van der Waals surface area contributed by atoms with Crippen LogP contribution in [-0.4, -0.2) is 26.7 Å². The Morgan fingerprint density at radius 1 is 1.50 bits per heavy atom. The average molecular weight is 344 g/mol. The van der Waals surface area contributed by atoms with E-state index in [4.69, 9.17) is 4.52 Å². The lowest BCUT2D eigenvalue weighted by molar-refractivity contribution is -0.141. The second-order valence-corrected chi connectivity index (χ2v) is 7.25. The zero-order chi connectivity index (χ0) is 16.3. The van der Waals surface area contributed by atoms with Crippen molar-refractivity contribution in [1.29, 1.82) is 0 Å². The van der Waals surface area contributed by atoms with E-state index in [0.29, 0.717) is 0 Å². The van der Waals surface area contributed by atoms with E-state index in [1.54, 1.807) is 19.1 Å². The minimum atomic E-state index is -3.86. The van der Waals surface area contributed by atoms with Crippen LogP contribution in [0.15, 0.2) is 26.9 Å². The van der Waals surface area contributed by atoms with E-state index in [9.17, 15) is 13.2 Å². The molecule has 2 aromatic rings. The van der Waals surface area contributed by atoms with Crippen molar-refractivity contribution in [2.24, 2.45) is 0 Å². The fourth-order valence-electron chi connectivity index (χ4n) is 2.04. The number of sulfonamides is 1. The Labute approximate surface area is 132 Å². The Hall–Kier alpha value is -1.71. The van der Waals surface area contributed by atoms with Crippen molar-refractivity contribution in [3.05, 3.63) is 33.8 Å². The second-order valence-electron chi connectivity index (χ2n) is 4.62. The normalized spacial score (nSPS) is 13.0. The van der Waals surface area contributed by atoms with Crippen LogP contribution in [0.25, 0.3) is 0 Å². The monoisotopic (exact) mass is 344 g/mol. The predicted molar refractivity (Wildman–Crippen MR) is 80.0 cm³/mol. The molecule has 0 aliphatic carbocycles. The van der Waals surface area contributed by atoms with Crippen molar-refractivity contribution < 1.29 is 22.5 Å². The molecule has 0 fully saturated rings. The van der Waals surface area contributed by atoms with Crippen LogP contribution in [0.4, 0.5) is 0 Å². The lowest BCUT2D eigenvalue weighted by atomic mass is 10.2. The number of carbonyl (C=O) groups excluding carboxylic acids is 1. The van der Waals surface area contributed by atoms with Crippen LogP contribution in [0.3, 0.4) is 0 Å². The van der Waals surface area contributed by atoms with Gasteiger partial charge in [0, 0.05) is 4.88 Å². The molecule has 0 aliphatic rings. The van der Waals surface area contributed by atoms with Crippen molar-refractivity contribution in [2.45, 2.75) is 31.2 Å². The highest BCUT2D eigenvalue weighted by atomic mass is 32.2. The third-order valence-corrected chi connectivity index (χ3v) is 5.72. The van der Waals surface area contributed by atoms with Crippen LogP contribution in [0.5, 0.6) is 0 Å². The summed E-state index contributed by atoms with van der Waals surface area (Å²) in [6, 6.07) is 2.84. The van der Waals surface area contributed by atoms with Crippen LogP contribution >= 0.6 is 11.3 Å². The van der Waals surface area contributed by atoms with Gasteiger partial charge < -0.3 is 9.26 Å². The largest absolute Gasteiger partial charge is 0.469 e. The smallest absolute Gasteiger partial charge is 0.307 e. The molecule has 2 rings (SSSR count). The highest BCUT2D eigenvalue weighted by molar-refractivity contribution is 7.89. The van der Waals surface area contributed by atoms with Crippen LogP contribution in [0.1, 0.15) is 28.8 Å². The molecule has 0 spiro atoms. The SMILES string of the molecule is COC(=O)CC(NS(=O)(=O)c1c(C)noc1C)c1cccs1. The summed E-state index contributed by atoms with van der Waals surface area (Å²) in [6.07, 6.45) is -0.0976. The Morgan fingerprint density at radius 3 is 2.73 bits per heavy atom. The molecule has 120 valence electrons. The maximum Gasteiger partial charge on any atom is 0.307 e. The van der Waals surface area contributed by atoms with Gasteiger partial charge in [-0.15, -0.1) is 11.3 Å². The number of esters is 1.